The van der Waals surface area contributed by atoms with Crippen molar-refractivity contribution in [3.63, 3.8) is 0 Å². The molecule has 1 amide bonds. The van der Waals surface area contributed by atoms with Gasteiger partial charge >= 0.3 is 5.97 Å². The summed E-state index contributed by atoms with van der Waals surface area (Å²) in [4.78, 5) is 24.8. The van der Waals surface area contributed by atoms with Gasteiger partial charge in [-0.05, 0) is 6.92 Å². The Bertz CT molecular complexity index is 739. The number of carbonyl (C=O) groups is 2. The summed E-state index contributed by atoms with van der Waals surface area (Å²) in [5.74, 6) is -1.30. The van der Waals surface area contributed by atoms with Gasteiger partial charge in [-0.2, -0.15) is 0 Å². The number of aliphatic hydroxyl groups excluding tert-OH is 1. The van der Waals surface area contributed by atoms with Crippen molar-refractivity contribution in [3.05, 3.63) is 36.9 Å². The van der Waals surface area contributed by atoms with Crippen LogP contribution in [0.2, 0.25) is 25.1 Å². The lowest BCUT2D eigenvalue weighted by molar-refractivity contribution is -0.135. The largest absolute Gasteiger partial charge is 0.423 e. The van der Waals surface area contributed by atoms with Crippen LogP contribution >= 0.6 is 58.0 Å². The third kappa shape index (κ3) is 4.45. The van der Waals surface area contributed by atoms with Crippen molar-refractivity contribution in [2.75, 3.05) is 6.54 Å². The van der Waals surface area contributed by atoms with Gasteiger partial charge in [0.2, 0.25) is 6.35 Å². The fourth-order valence-corrected chi connectivity index (χ4v) is 3.14. The van der Waals surface area contributed by atoms with Gasteiger partial charge in [0.25, 0.3) is 5.91 Å². The summed E-state index contributed by atoms with van der Waals surface area (Å²) in [6, 6.07) is 0. The van der Waals surface area contributed by atoms with E-state index in [1.54, 1.807) is 6.92 Å². The van der Waals surface area contributed by atoms with E-state index >= 15 is 0 Å². The lowest BCUT2D eigenvalue weighted by Gasteiger charge is -2.31. The number of nitrogens with zero attached hydrogens (tertiary/aromatic N) is 1. The third-order valence-electron chi connectivity index (χ3n) is 3.25. The van der Waals surface area contributed by atoms with Crippen LogP contribution in [0.1, 0.15) is 13.3 Å². The monoisotopic (exact) mass is 446 g/mol. The Balaban J connectivity index is 2.08. The zero-order valence-electron chi connectivity index (χ0n) is 12.6. The number of benzene rings is 1. The van der Waals surface area contributed by atoms with Crippen LogP contribution in [0, 0.1) is 0 Å². The fraction of sp³-hybridized carbons (Fsp3) is 0.286. The Morgan fingerprint density at radius 3 is 2.24 bits per heavy atom. The third-order valence-corrected chi connectivity index (χ3v) is 5.49. The number of nitrogens with one attached hydrogen (secondary N) is 1. The number of aliphatic hydroxyl groups is 1. The molecule has 6 nitrogen and oxygen atoms in total. The first-order valence-electron chi connectivity index (χ1n) is 6.78. The molecule has 1 atom stereocenters. The maximum Gasteiger partial charge on any atom is 0.313 e. The van der Waals surface area contributed by atoms with Crippen LogP contribution in [0.5, 0.6) is 5.75 Å². The van der Waals surface area contributed by atoms with Gasteiger partial charge in [0, 0.05) is 18.3 Å². The Morgan fingerprint density at radius 2 is 1.68 bits per heavy atom. The molecule has 0 aliphatic carbocycles. The lowest BCUT2D eigenvalue weighted by Crippen LogP contribution is -2.50. The van der Waals surface area contributed by atoms with Crippen LogP contribution in [0.25, 0.3) is 0 Å². The van der Waals surface area contributed by atoms with E-state index in [1.165, 1.54) is 11.1 Å². The molecule has 0 aromatic heterocycles. The van der Waals surface area contributed by atoms with Crippen LogP contribution < -0.4 is 10.1 Å². The van der Waals surface area contributed by atoms with E-state index in [2.05, 4.69) is 5.32 Å². The summed E-state index contributed by atoms with van der Waals surface area (Å²) in [7, 11) is 0. The Labute approximate surface area is 168 Å². The van der Waals surface area contributed by atoms with E-state index in [1.807, 2.05) is 0 Å². The molecule has 0 spiro atoms. The van der Waals surface area contributed by atoms with Gasteiger partial charge in [0.05, 0.1) is 21.5 Å². The average Bonchev–Trinajstić information content (AvgIpc) is 2.57. The van der Waals surface area contributed by atoms with Gasteiger partial charge in [0.15, 0.2) is 5.75 Å². The molecule has 1 aliphatic rings. The van der Waals surface area contributed by atoms with Crippen molar-refractivity contribution in [2.24, 2.45) is 0 Å². The van der Waals surface area contributed by atoms with Gasteiger partial charge < -0.3 is 20.1 Å². The number of hydrogen-bond acceptors (Lipinski definition) is 5. The van der Waals surface area contributed by atoms with E-state index in [4.69, 9.17) is 62.7 Å². The first-order valence-corrected chi connectivity index (χ1v) is 8.67. The second kappa shape index (κ2) is 8.20. The minimum atomic E-state index is -1.24. The van der Waals surface area contributed by atoms with Gasteiger partial charge in [-0.3, -0.25) is 9.59 Å². The standard InChI is InChI=1S/C14H11Cl5N2O4/c1-5-4-21(14(24)20-13(5)23)3-2-6(22)25-12-10(18)8(16)7(15)9(17)11(12)19/h4,14,24H,2-3H2,1H3,(H,20,23). The summed E-state index contributed by atoms with van der Waals surface area (Å²) in [5.41, 5.74) is 0.390. The number of esters is 1. The quantitative estimate of drug-likeness (QED) is 0.317. The lowest BCUT2D eigenvalue weighted by atomic mass is 10.2. The number of hydrogen-bond donors (Lipinski definition) is 2. The molecule has 0 saturated carbocycles. The number of carbonyl (C=O) groups excluding carboxylic acids is 2. The average molecular weight is 449 g/mol. The van der Waals surface area contributed by atoms with Crippen molar-refractivity contribution in [1.82, 2.24) is 10.2 Å². The van der Waals surface area contributed by atoms with E-state index in [9.17, 15) is 14.7 Å². The number of rotatable bonds is 4. The predicted octanol–water partition coefficient (Wildman–Crippen LogP) is 3.86. The molecule has 1 unspecified atom stereocenters. The molecule has 0 radical (unpaired) electrons. The van der Waals surface area contributed by atoms with E-state index in [0.29, 0.717) is 5.57 Å². The molecule has 25 heavy (non-hydrogen) atoms. The first-order chi connectivity index (χ1) is 11.6. The van der Waals surface area contributed by atoms with Crippen LogP contribution in [0.3, 0.4) is 0 Å². The summed E-state index contributed by atoms with van der Waals surface area (Å²) >= 11 is 29.6. The second-order valence-electron chi connectivity index (χ2n) is 5.02. The fourth-order valence-electron chi connectivity index (χ4n) is 1.94. The minimum absolute atomic E-state index is 0.0501. The summed E-state index contributed by atoms with van der Waals surface area (Å²) < 4.78 is 5.12. The Morgan fingerprint density at radius 1 is 1.16 bits per heavy atom. The maximum absolute atomic E-state index is 12.0. The topological polar surface area (TPSA) is 78.9 Å². The number of halogens is 5. The van der Waals surface area contributed by atoms with Gasteiger partial charge in [0.1, 0.15) is 10.0 Å². The molecule has 0 fully saturated rings. The predicted molar refractivity (Wildman–Crippen MR) is 96.4 cm³/mol. The van der Waals surface area contributed by atoms with Crippen LogP contribution in [-0.2, 0) is 9.59 Å². The molecule has 1 aromatic carbocycles. The van der Waals surface area contributed by atoms with Crippen molar-refractivity contribution < 1.29 is 19.4 Å². The molecule has 1 aromatic rings. The van der Waals surface area contributed by atoms with Gasteiger partial charge in [-0.1, -0.05) is 58.0 Å². The van der Waals surface area contributed by atoms with Crippen molar-refractivity contribution in [1.29, 1.82) is 0 Å². The smallest absolute Gasteiger partial charge is 0.313 e. The van der Waals surface area contributed by atoms with Gasteiger partial charge in [-0.25, -0.2) is 0 Å². The molecule has 0 bridgehead atoms. The SMILES string of the molecule is CC1=CN(CCC(=O)Oc2c(Cl)c(Cl)c(Cl)c(Cl)c2Cl)C(O)NC1=O. The summed E-state index contributed by atoms with van der Waals surface area (Å²) in [5, 5.41) is 11.6. The van der Waals surface area contributed by atoms with E-state index in [0.717, 1.165) is 0 Å². The molecule has 1 heterocycles. The Kier molecular flexibility index (Phi) is 6.70. The summed E-state index contributed by atoms with van der Waals surface area (Å²) in [6.07, 6.45) is 0.0594. The van der Waals surface area contributed by atoms with Gasteiger partial charge in [-0.15, -0.1) is 0 Å². The second-order valence-corrected chi connectivity index (χ2v) is 6.91. The Hall–Kier alpha value is -0.890. The zero-order chi connectivity index (χ0) is 18.9. The van der Waals surface area contributed by atoms with Crippen LogP contribution in [-0.4, -0.2) is 34.8 Å². The molecule has 0 saturated heterocycles. The number of amides is 1. The zero-order valence-corrected chi connectivity index (χ0v) is 16.4. The highest BCUT2D eigenvalue weighted by molar-refractivity contribution is 6.55. The molecule has 11 heteroatoms. The van der Waals surface area contributed by atoms with Crippen molar-refractivity contribution in [2.45, 2.75) is 19.7 Å². The van der Waals surface area contributed by atoms with E-state index < -0.39 is 18.2 Å². The highest BCUT2D eigenvalue weighted by atomic mass is 35.5. The van der Waals surface area contributed by atoms with Crippen LogP contribution in [0.4, 0.5) is 0 Å². The molecule has 1 aliphatic heterocycles. The first kappa shape index (κ1) is 20.4. The molecule has 2 N–H and O–H groups in total. The van der Waals surface area contributed by atoms with Crippen molar-refractivity contribution >= 4 is 69.9 Å². The maximum atomic E-state index is 12.0. The van der Waals surface area contributed by atoms with Crippen LogP contribution in [0.15, 0.2) is 11.8 Å². The minimum Gasteiger partial charge on any atom is -0.423 e. The van der Waals surface area contributed by atoms with E-state index in [-0.39, 0.29) is 43.8 Å². The number of ether oxygens (including phenoxy) is 1. The highest BCUT2D eigenvalue weighted by Crippen LogP contribution is 2.48. The molecular weight excluding hydrogens is 437 g/mol. The molecule has 2 rings (SSSR count). The summed E-state index contributed by atoms with van der Waals surface area (Å²) in [6.45, 7) is 1.64. The van der Waals surface area contributed by atoms with Crippen molar-refractivity contribution in [3.8, 4) is 5.75 Å². The molecular formula is C14H11Cl5N2O4. The highest BCUT2D eigenvalue weighted by Gasteiger charge is 2.25. The normalized spacial score (nSPS) is 17.2. The molecule has 136 valence electrons.